The average molecular weight is 1160 g/mol. The number of carbonyl (C=O) groups is 2. The van der Waals surface area contributed by atoms with Gasteiger partial charge in [0.05, 0.1) is 33.8 Å². The summed E-state index contributed by atoms with van der Waals surface area (Å²) in [6, 6.07) is -0.906. The van der Waals surface area contributed by atoms with Gasteiger partial charge in [-0.25, -0.2) is 0 Å². The Kier molecular flexibility index (Phi) is 58.7. The molecule has 0 aromatic rings. The van der Waals surface area contributed by atoms with Crippen LogP contribution in [0.25, 0.3) is 0 Å². The van der Waals surface area contributed by atoms with Gasteiger partial charge in [-0.1, -0.05) is 280 Å². The first-order chi connectivity index (χ1) is 39.4. The number of nitrogens with one attached hydrogen (secondary N) is 1. The van der Waals surface area contributed by atoms with Gasteiger partial charge < -0.3 is 28.5 Å². The van der Waals surface area contributed by atoms with Crippen molar-refractivity contribution in [2.24, 2.45) is 0 Å². The highest BCUT2D eigenvalue weighted by atomic mass is 31.2. The van der Waals surface area contributed by atoms with Crippen LogP contribution in [0.1, 0.15) is 316 Å². The number of ether oxygens (including phenoxy) is 1. The van der Waals surface area contributed by atoms with Gasteiger partial charge in [-0.2, -0.15) is 0 Å². The van der Waals surface area contributed by atoms with Gasteiger partial charge in [0.15, 0.2) is 0 Å². The minimum atomic E-state index is -4.71. The van der Waals surface area contributed by atoms with E-state index in [9.17, 15) is 19.0 Å². The predicted molar refractivity (Wildman–Crippen MR) is 348 cm³/mol. The molecule has 0 bridgehead atoms. The van der Waals surface area contributed by atoms with E-state index in [1.54, 1.807) is 0 Å². The van der Waals surface area contributed by atoms with Crippen molar-refractivity contribution in [1.82, 2.24) is 5.32 Å². The van der Waals surface area contributed by atoms with Crippen molar-refractivity contribution in [3.8, 4) is 0 Å². The zero-order chi connectivity index (χ0) is 59.3. The van der Waals surface area contributed by atoms with Gasteiger partial charge in [-0.05, 0) is 96.0 Å². The molecule has 10 heteroatoms. The van der Waals surface area contributed by atoms with Gasteiger partial charge in [0, 0.05) is 12.8 Å². The fourth-order valence-corrected chi connectivity index (χ4v) is 10.6. The van der Waals surface area contributed by atoms with E-state index in [2.05, 4.69) is 86.8 Å². The topological polar surface area (TPSA) is 114 Å². The normalized spacial score (nSPS) is 14.0. The highest BCUT2D eigenvalue weighted by Gasteiger charge is 2.27. The molecule has 472 valence electrons. The molecule has 0 aromatic heterocycles. The number of esters is 1. The van der Waals surface area contributed by atoms with Crippen LogP contribution in [0.2, 0.25) is 0 Å². The van der Waals surface area contributed by atoms with E-state index in [-0.39, 0.29) is 31.3 Å². The molecule has 0 aliphatic heterocycles. The zero-order valence-electron chi connectivity index (χ0n) is 54.0. The van der Waals surface area contributed by atoms with E-state index in [1.807, 2.05) is 33.3 Å². The summed E-state index contributed by atoms with van der Waals surface area (Å²) in [7, 11) is 1.17. The summed E-state index contributed by atoms with van der Waals surface area (Å²) < 4.78 is 30.4. The molecule has 1 N–H and O–H groups in total. The summed E-state index contributed by atoms with van der Waals surface area (Å²) in [5, 5.41) is 3.02. The van der Waals surface area contributed by atoms with E-state index in [1.165, 1.54) is 193 Å². The summed E-state index contributed by atoms with van der Waals surface area (Å²) in [6.45, 7) is 6.72. The molecule has 0 rings (SSSR count). The van der Waals surface area contributed by atoms with Gasteiger partial charge in [0.25, 0.3) is 7.82 Å². The van der Waals surface area contributed by atoms with Crippen LogP contribution in [0.15, 0.2) is 72.9 Å². The lowest BCUT2D eigenvalue weighted by Crippen LogP contribution is -2.47. The maximum Gasteiger partial charge on any atom is 0.306 e. The third-order valence-corrected chi connectivity index (χ3v) is 16.1. The minimum Gasteiger partial charge on any atom is -0.756 e. The molecule has 0 aromatic carbocycles. The summed E-state index contributed by atoms with van der Waals surface area (Å²) in [4.78, 5) is 40.1. The van der Waals surface area contributed by atoms with Crippen LogP contribution in [0.3, 0.4) is 0 Å². The van der Waals surface area contributed by atoms with Crippen molar-refractivity contribution in [3.63, 3.8) is 0 Å². The Morgan fingerprint density at radius 1 is 0.444 bits per heavy atom. The molecular weight excluding hydrogens is 1020 g/mol. The number of rotatable bonds is 62. The Morgan fingerprint density at radius 3 is 1.21 bits per heavy atom. The summed E-state index contributed by atoms with van der Waals surface area (Å²) >= 11 is 0. The highest BCUT2D eigenvalue weighted by Crippen LogP contribution is 2.38. The number of phosphoric acid groups is 1. The van der Waals surface area contributed by atoms with Crippen LogP contribution in [0.5, 0.6) is 0 Å². The van der Waals surface area contributed by atoms with Crippen LogP contribution in [0, 0.1) is 0 Å². The highest BCUT2D eigenvalue weighted by molar-refractivity contribution is 7.45. The van der Waals surface area contributed by atoms with Crippen molar-refractivity contribution in [3.05, 3.63) is 72.9 Å². The molecule has 0 radical (unpaired) electrons. The SMILES string of the molecule is CC/C=C/C/C=C/C/C=C/C/C=C/CCCCCC(=O)NC(COP(=O)([O-])OCC[N+](C)(C)C)C(/C=C\CCCCCCCCCCCC)OC(=O)CCCCCCCCCCCCCCCCCCC/C=C/CCCCCCCC. The maximum atomic E-state index is 13.5. The zero-order valence-corrected chi connectivity index (χ0v) is 54.9. The first kappa shape index (κ1) is 78.5. The van der Waals surface area contributed by atoms with E-state index >= 15 is 0 Å². The quantitative estimate of drug-likeness (QED) is 0.0212. The lowest BCUT2D eigenvalue weighted by molar-refractivity contribution is -0.870. The molecule has 0 aliphatic rings. The Bertz CT molecular complexity index is 1620. The Hall–Kier alpha value is -2.55. The van der Waals surface area contributed by atoms with Gasteiger partial charge in [-0.3, -0.25) is 14.2 Å². The molecule has 1 amide bonds. The fraction of sp³-hybridized carbons (Fsp3) is 0.803. The summed E-state index contributed by atoms with van der Waals surface area (Å²) in [5.41, 5.74) is 0. The largest absolute Gasteiger partial charge is 0.756 e. The molecule has 0 spiro atoms. The average Bonchev–Trinajstić information content (AvgIpc) is 3.44. The lowest BCUT2D eigenvalue weighted by Gasteiger charge is -2.30. The molecule has 3 unspecified atom stereocenters. The third kappa shape index (κ3) is 61.8. The first-order valence-corrected chi connectivity index (χ1v) is 35.7. The smallest absolute Gasteiger partial charge is 0.306 e. The number of hydrogen-bond acceptors (Lipinski definition) is 7. The van der Waals surface area contributed by atoms with Crippen LogP contribution in [-0.4, -0.2) is 69.4 Å². The number of amides is 1. The van der Waals surface area contributed by atoms with Gasteiger partial charge >= 0.3 is 5.97 Å². The number of carbonyl (C=O) groups excluding carboxylic acids is 2. The molecule has 0 saturated carbocycles. The summed E-state index contributed by atoms with van der Waals surface area (Å²) in [5.74, 6) is -0.569. The van der Waals surface area contributed by atoms with E-state index in [4.69, 9.17) is 13.8 Å². The number of nitrogens with zero attached hydrogens (tertiary/aromatic N) is 1. The Morgan fingerprint density at radius 2 is 0.790 bits per heavy atom. The Balaban J connectivity index is 5.04. The number of phosphoric ester groups is 1. The number of hydrogen-bond donors (Lipinski definition) is 1. The van der Waals surface area contributed by atoms with Gasteiger partial charge in [0.2, 0.25) is 5.91 Å². The molecule has 0 aliphatic carbocycles. The standard InChI is InChI=1S/C71H131N2O7P/c1-7-10-13-16-19-22-25-28-30-32-33-34-35-36-37-38-39-40-41-42-44-46-49-52-55-58-61-64-71(75)80-69(62-59-56-53-50-47-27-24-21-18-15-12-9-3)68(67-79-81(76,77)78-66-65-73(4,5)6)72-70(74)63-60-57-54-51-48-45-43-31-29-26-23-20-17-14-11-8-2/h11,14,20,23,28-31,45,48,59,62,68-69H,7-10,12-13,15-19,21-22,24-27,32-44,46-47,49-58,60-61,63-67H2,1-6H3,(H-,72,74,76,77)/b14-11+,23-20+,30-28+,31-29+,48-45+,62-59-. The molecule has 3 atom stereocenters. The van der Waals surface area contributed by atoms with Crippen molar-refractivity contribution in [2.45, 2.75) is 328 Å². The molecular formula is C71H131N2O7P. The second-order valence-corrected chi connectivity index (χ2v) is 25.7. The first-order valence-electron chi connectivity index (χ1n) is 34.2. The monoisotopic (exact) mass is 1150 g/mol. The van der Waals surface area contributed by atoms with E-state index in [0.717, 1.165) is 83.5 Å². The van der Waals surface area contributed by atoms with Crippen LogP contribution < -0.4 is 10.2 Å². The van der Waals surface area contributed by atoms with E-state index in [0.29, 0.717) is 17.4 Å². The second kappa shape index (κ2) is 60.6. The number of unbranched alkanes of at least 4 members (excludes halogenated alkanes) is 36. The molecule has 0 saturated heterocycles. The number of allylic oxidation sites excluding steroid dienone is 11. The van der Waals surface area contributed by atoms with Gasteiger partial charge in [-0.15, -0.1) is 0 Å². The molecule has 81 heavy (non-hydrogen) atoms. The van der Waals surface area contributed by atoms with Crippen LogP contribution >= 0.6 is 7.82 Å². The van der Waals surface area contributed by atoms with Crippen molar-refractivity contribution >= 4 is 19.7 Å². The minimum absolute atomic E-state index is 0.0299. The lowest BCUT2D eigenvalue weighted by atomic mass is 10.0. The predicted octanol–water partition coefficient (Wildman–Crippen LogP) is 20.9. The van der Waals surface area contributed by atoms with Crippen molar-refractivity contribution < 1.29 is 37.3 Å². The Labute approximate surface area is 502 Å². The van der Waals surface area contributed by atoms with Gasteiger partial charge in [0.1, 0.15) is 19.3 Å². The van der Waals surface area contributed by atoms with Crippen molar-refractivity contribution in [2.75, 3.05) is 40.9 Å². The number of quaternary nitrogens is 1. The summed E-state index contributed by atoms with van der Waals surface area (Å²) in [6.07, 6.45) is 78.9. The van der Waals surface area contributed by atoms with Crippen molar-refractivity contribution in [1.29, 1.82) is 0 Å². The molecule has 0 fully saturated rings. The second-order valence-electron chi connectivity index (χ2n) is 24.3. The van der Waals surface area contributed by atoms with Crippen LogP contribution in [-0.2, 0) is 27.9 Å². The fourth-order valence-electron chi connectivity index (χ4n) is 9.86. The third-order valence-electron chi connectivity index (χ3n) is 15.1. The molecule has 0 heterocycles. The molecule has 9 nitrogen and oxygen atoms in total. The number of likely N-dealkylation sites (N-methyl/N-ethyl adjacent to an activating group) is 1. The maximum absolute atomic E-state index is 13.5. The van der Waals surface area contributed by atoms with Crippen LogP contribution in [0.4, 0.5) is 0 Å². The van der Waals surface area contributed by atoms with E-state index < -0.39 is 26.6 Å².